The standard InChI is InChI=1S/3C14H31N.3HI/c3*1-4-5-6-7-8-9-10-11-12-13-14-15(2)3;;;/h3*4-14H2,1-3H3;3*1H. The molecule has 0 unspecified atom stereocenters. The van der Waals surface area contributed by atoms with Gasteiger partial charge in [0.05, 0.1) is 61.9 Å². The van der Waals surface area contributed by atoms with Gasteiger partial charge in [-0.2, -0.15) is 0 Å². The van der Waals surface area contributed by atoms with E-state index >= 15 is 0 Å². The van der Waals surface area contributed by atoms with Crippen LogP contribution in [-0.4, -0.2) is 61.9 Å². The normalized spacial score (nSPS) is 10.5. The van der Waals surface area contributed by atoms with Crippen LogP contribution in [-0.2, 0) is 0 Å². The van der Waals surface area contributed by atoms with Crippen molar-refractivity contribution in [2.75, 3.05) is 61.9 Å². The number of quaternary nitrogens is 3. The fourth-order valence-electron chi connectivity index (χ4n) is 5.90. The Balaban J connectivity index is -0.000000134. The van der Waals surface area contributed by atoms with E-state index in [1.807, 2.05) is 0 Å². The molecule has 0 aromatic rings. The first kappa shape index (κ1) is 62.1. The number of hydrogen-bond donors (Lipinski definition) is 3. The Hall–Kier alpha value is 2.07. The molecule has 0 fully saturated rings. The summed E-state index contributed by atoms with van der Waals surface area (Å²) >= 11 is 0. The number of halogens is 3. The van der Waals surface area contributed by atoms with Crippen LogP contribution in [0.4, 0.5) is 0 Å². The SMILES string of the molecule is CCCCCCCCCCCC[NH+](C)C.CCCCCCCCCCCC[NH+](C)C.CCCCCCCCCCCC[NH+](C)C.[I-].[I-].[I-]. The highest BCUT2D eigenvalue weighted by atomic mass is 127. The van der Waals surface area contributed by atoms with Crippen LogP contribution in [0.15, 0.2) is 0 Å². The van der Waals surface area contributed by atoms with Gasteiger partial charge in [0.2, 0.25) is 0 Å². The molecule has 0 aliphatic rings. The summed E-state index contributed by atoms with van der Waals surface area (Å²) in [6.45, 7) is 10.9. The zero-order valence-electron chi connectivity index (χ0n) is 35.0. The lowest BCUT2D eigenvalue weighted by Crippen LogP contribution is -3.05. The van der Waals surface area contributed by atoms with E-state index < -0.39 is 0 Å². The number of nitrogens with one attached hydrogen (secondary N) is 3. The molecule has 0 spiro atoms. The van der Waals surface area contributed by atoms with Crippen molar-refractivity contribution in [3.8, 4) is 0 Å². The Morgan fingerprint density at radius 1 is 0.208 bits per heavy atom. The van der Waals surface area contributed by atoms with Crippen molar-refractivity contribution in [2.45, 2.75) is 213 Å². The molecule has 0 aromatic heterocycles. The Bertz CT molecular complexity index is 412. The van der Waals surface area contributed by atoms with Gasteiger partial charge >= 0.3 is 0 Å². The maximum Gasteiger partial charge on any atom is 0.0766 e. The molecular weight excluding hydrogens is 927 g/mol. The Labute approximate surface area is 358 Å². The summed E-state index contributed by atoms with van der Waals surface area (Å²) in [7, 11) is 13.5. The lowest BCUT2D eigenvalue weighted by atomic mass is 10.1. The first-order valence-corrected chi connectivity index (χ1v) is 21.2. The molecule has 0 radical (unpaired) electrons. The molecule has 0 rings (SSSR count). The highest BCUT2D eigenvalue weighted by molar-refractivity contribution is 4.49. The molecule has 0 atom stereocenters. The summed E-state index contributed by atoms with van der Waals surface area (Å²) in [5, 5.41) is 0. The zero-order chi connectivity index (χ0) is 34.1. The molecule has 3 nitrogen and oxygen atoms in total. The van der Waals surface area contributed by atoms with Crippen LogP contribution in [0.1, 0.15) is 213 Å². The summed E-state index contributed by atoms with van der Waals surface area (Å²) in [6, 6.07) is 0. The average Bonchev–Trinajstić information content (AvgIpc) is 3.00. The second kappa shape index (κ2) is 58.4. The first-order chi connectivity index (χ1) is 21.8. The number of unbranched alkanes of at least 4 members (excludes halogenated alkanes) is 27. The molecule has 0 aliphatic heterocycles. The fraction of sp³-hybridized carbons (Fsp3) is 1.00. The quantitative estimate of drug-likeness (QED) is 0.0615. The molecule has 6 heteroatoms. The Morgan fingerprint density at radius 3 is 0.458 bits per heavy atom. The highest BCUT2D eigenvalue weighted by Crippen LogP contribution is 2.12. The molecule has 300 valence electrons. The maximum absolute atomic E-state index is 2.28. The van der Waals surface area contributed by atoms with E-state index in [1.165, 1.54) is 212 Å². The lowest BCUT2D eigenvalue weighted by molar-refractivity contribution is -0.858. The van der Waals surface area contributed by atoms with Gasteiger partial charge in [-0.1, -0.05) is 175 Å². The fourth-order valence-corrected chi connectivity index (χ4v) is 5.90. The molecule has 0 bridgehead atoms. The minimum absolute atomic E-state index is 0. The van der Waals surface area contributed by atoms with Crippen LogP contribution < -0.4 is 86.6 Å². The largest absolute Gasteiger partial charge is 1.00 e. The molecule has 0 aliphatic carbocycles. The summed E-state index contributed by atoms with van der Waals surface area (Å²) in [6.07, 6.45) is 43.4. The van der Waals surface area contributed by atoms with Crippen molar-refractivity contribution in [3.63, 3.8) is 0 Å². The lowest BCUT2D eigenvalue weighted by Gasteiger charge is -2.06. The van der Waals surface area contributed by atoms with Gasteiger partial charge in [0.15, 0.2) is 0 Å². The van der Waals surface area contributed by atoms with Crippen molar-refractivity contribution in [3.05, 3.63) is 0 Å². The third-order valence-electron chi connectivity index (χ3n) is 9.09. The molecular formula is C42H96I3N3. The van der Waals surface area contributed by atoms with Crippen molar-refractivity contribution in [1.29, 1.82) is 0 Å². The smallest absolute Gasteiger partial charge is 0.0766 e. The summed E-state index contributed by atoms with van der Waals surface area (Å²) in [4.78, 5) is 4.78. The molecule has 48 heavy (non-hydrogen) atoms. The minimum Gasteiger partial charge on any atom is -1.00 e. The molecule has 0 amide bonds. The van der Waals surface area contributed by atoms with Gasteiger partial charge in [-0.25, -0.2) is 0 Å². The van der Waals surface area contributed by atoms with Gasteiger partial charge < -0.3 is 86.6 Å². The molecule has 0 saturated heterocycles. The van der Waals surface area contributed by atoms with E-state index in [2.05, 4.69) is 63.1 Å². The van der Waals surface area contributed by atoms with Gasteiger partial charge in [0.1, 0.15) is 0 Å². The van der Waals surface area contributed by atoms with Gasteiger partial charge in [-0.15, -0.1) is 0 Å². The van der Waals surface area contributed by atoms with Crippen molar-refractivity contribution < 1.29 is 86.6 Å². The van der Waals surface area contributed by atoms with Gasteiger partial charge in [-0.05, 0) is 38.5 Å². The van der Waals surface area contributed by atoms with Crippen LogP contribution in [0, 0.1) is 0 Å². The van der Waals surface area contributed by atoms with Gasteiger partial charge in [0.25, 0.3) is 0 Å². The van der Waals surface area contributed by atoms with Crippen molar-refractivity contribution in [2.24, 2.45) is 0 Å². The van der Waals surface area contributed by atoms with Crippen LogP contribution in [0.3, 0.4) is 0 Å². The average molecular weight is 1020 g/mol. The van der Waals surface area contributed by atoms with E-state index in [-0.39, 0.29) is 71.9 Å². The topological polar surface area (TPSA) is 13.3 Å². The van der Waals surface area contributed by atoms with Gasteiger partial charge in [-0.3, -0.25) is 0 Å². The maximum atomic E-state index is 2.28. The number of rotatable bonds is 33. The summed E-state index contributed by atoms with van der Waals surface area (Å²) in [5.74, 6) is 0. The summed E-state index contributed by atoms with van der Waals surface area (Å²) in [5.41, 5.74) is 0. The second-order valence-corrected chi connectivity index (χ2v) is 15.4. The molecule has 0 saturated carbocycles. The predicted molar refractivity (Wildman–Crippen MR) is 209 cm³/mol. The van der Waals surface area contributed by atoms with Crippen LogP contribution in [0.2, 0.25) is 0 Å². The Kier molecular flexibility index (Phi) is 75.5. The van der Waals surface area contributed by atoms with Crippen molar-refractivity contribution >= 4 is 0 Å². The van der Waals surface area contributed by atoms with E-state index in [9.17, 15) is 0 Å². The van der Waals surface area contributed by atoms with E-state index in [4.69, 9.17) is 0 Å². The first-order valence-electron chi connectivity index (χ1n) is 21.2. The molecule has 0 aromatic carbocycles. The molecule has 0 heterocycles. The monoisotopic (exact) mass is 1020 g/mol. The van der Waals surface area contributed by atoms with Crippen molar-refractivity contribution in [1.82, 2.24) is 0 Å². The van der Waals surface area contributed by atoms with E-state index in [0.29, 0.717) is 0 Å². The summed E-state index contributed by atoms with van der Waals surface area (Å²) < 4.78 is 0. The zero-order valence-corrected chi connectivity index (χ0v) is 41.4. The third-order valence-corrected chi connectivity index (χ3v) is 9.09. The van der Waals surface area contributed by atoms with Crippen LogP contribution >= 0.6 is 0 Å². The van der Waals surface area contributed by atoms with E-state index in [1.54, 1.807) is 14.7 Å². The number of hydrogen-bond acceptors (Lipinski definition) is 0. The minimum atomic E-state index is 0. The third kappa shape index (κ3) is 73.5. The molecule has 3 N–H and O–H groups in total. The second-order valence-electron chi connectivity index (χ2n) is 15.4. The highest BCUT2D eigenvalue weighted by Gasteiger charge is 1.97. The van der Waals surface area contributed by atoms with E-state index in [0.717, 1.165) is 0 Å². The van der Waals surface area contributed by atoms with Crippen LogP contribution in [0.25, 0.3) is 0 Å². The Morgan fingerprint density at radius 2 is 0.333 bits per heavy atom. The van der Waals surface area contributed by atoms with Crippen LogP contribution in [0.5, 0.6) is 0 Å². The predicted octanol–water partition coefficient (Wildman–Crippen LogP) is 0.167. The van der Waals surface area contributed by atoms with Gasteiger partial charge in [0, 0.05) is 0 Å².